The molecule has 0 aliphatic heterocycles. The van der Waals surface area contributed by atoms with Crippen LogP contribution in [0, 0.1) is 0 Å². The van der Waals surface area contributed by atoms with E-state index in [0.717, 1.165) is 0 Å². The maximum Gasteiger partial charge on any atom is 0.333 e. The first-order valence-corrected chi connectivity index (χ1v) is 45.7. The normalized spacial score (nSPS) is 17.3. The van der Waals surface area contributed by atoms with E-state index in [2.05, 4.69) is 653 Å². The predicted molar refractivity (Wildman–Crippen MR) is 428 cm³/mol. The van der Waals surface area contributed by atoms with Crippen LogP contribution in [0.4, 0.5) is 0 Å². The van der Waals surface area contributed by atoms with Gasteiger partial charge in [-0.25, -0.2) is 4.79 Å². The van der Waals surface area contributed by atoms with Crippen molar-refractivity contribution >= 4 is 659 Å². The van der Waals surface area contributed by atoms with Crippen molar-refractivity contribution in [1.29, 1.82) is 0 Å². The smallest absolute Gasteiger partial charge is 0.333 e. The van der Waals surface area contributed by atoms with Crippen molar-refractivity contribution < 1.29 is 9.90 Å². The van der Waals surface area contributed by atoms with Crippen molar-refractivity contribution in [2.24, 2.45) is 0 Å². The molecule has 0 saturated heterocycles. The fraction of sp³-hybridized carbons (Fsp3) is 0.952. The fourth-order valence-corrected chi connectivity index (χ4v) is 45.4. The number of carboxylic acids is 1. The number of hydrogen-bond acceptors (Lipinski definition) is 1. The van der Waals surface area contributed by atoms with E-state index in [1.165, 1.54) is 0 Å². The molecule has 0 fully saturated rings. The quantitative estimate of drug-likeness (QED) is 0.131. The lowest BCUT2D eigenvalue weighted by atomic mass is 10.0. The molecule has 0 aromatic carbocycles. The Bertz CT molecular complexity index is 1740. The molecule has 384 valence electrons. The van der Waals surface area contributed by atoms with Crippen molar-refractivity contribution in [3.63, 3.8) is 0 Å². The number of hydrogen-bond donors (Lipinski definition) is 1. The Morgan fingerprint density at radius 1 is 0.188 bits per heavy atom. The van der Waals surface area contributed by atoms with E-state index in [1.807, 2.05) is 0 Å². The zero-order chi connectivity index (χ0) is 53.6. The molecule has 2 nitrogen and oxygen atoms in total. The molecule has 1 N–H and O–H groups in total. The average molecular weight is 3560 g/mol. The molecular formula is C21HBr41O2. The summed E-state index contributed by atoms with van der Waals surface area (Å²) < 4.78 is -27.9. The molecule has 64 heavy (non-hydrogen) atoms. The van der Waals surface area contributed by atoms with Gasteiger partial charge in [0.25, 0.3) is 0 Å². The van der Waals surface area contributed by atoms with Gasteiger partial charge in [0, 0.05) is 0 Å². The molecule has 0 heterocycles. The van der Waals surface area contributed by atoms with E-state index < -0.39 is 69.5 Å². The Kier molecular flexibility index (Phi) is 34.8. The first kappa shape index (κ1) is 83.2. The SMILES string of the molecule is O=C(O)C(Br)(Br)C(Br)(Br)C(Br)(Br)C(Br)(Br)C(Br)(Br)C(Br)(Br)C(Br)(Br)C(Br)(Br)C(Br)(Br)C(Br)(Br)C(Br)(Br)C(Br)(Br)C(Br)(Br)C(Br)(Br)C(Br)(Br)C(Br)(Br)C(Br)(Br)C(Br)(Br)C(Br)(Br)C(Br)(Br)Br. The van der Waals surface area contributed by atoms with Crippen LogP contribution in [0.5, 0.6) is 0 Å². The molecule has 0 amide bonds. The minimum absolute atomic E-state index is 0.943. The fourth-order valence-electron chi connectivity index (χ4n) is 3.66. The summed E-state index contributed by atoms with van der Waals surface area (Å²) in [7, 11) is 0. The predicted octanol–water partition coefficient (Wildman–Crippen LogP) is 30.1. The van der Waals surface area contributed by atoms with E-state index >= 15 is 0 Å². The van der Waals surface area contributed by atoms with Crippen LogP contribution in [0.25, 0.3) is 0 Å². The summed E-state index contributed by atoms with van der Waals surface area (Å²) in [6.07, 6.45) is 0. The molecule has 0 atom stereocenters. The average Bonchev–Trinajstić information content (AvgIpc) is 3.05. The maximum absolute atomic E-state index is 12.5. The van der Waals surface area contributed by atoms with Crippen LogP contribution in [-0.4, -0.2) is 74.7 Å². The van der Waals surface area contributed by atoms with Gasteiger partial charge in [0.1, 0.15) is 58.2 Å². The zero-order valence-corrected chi connectivity index (χ0v) is 91.9. The number of rotatable bonds is 19. The van der Waals surface area contributed by atoms with E-state index in [4.69, 9.17) is 0 Å². The summed E-state index contributed by atoms with van der Waals surface area (Å²) in [6, 6.07) is 0. The van der Waals surface area contributed by atoms with Gasteiger partial charge in [-0.2, -0.15) is 0 Å². The highest BCUT2D eigenvalue weighted by molar-refractivity contribution is 9.43. The van der Waals surface area contributed by atoms with Crippen LogP contribution in [0.1, 0.15) is 0 Å². The molecule has 0 saturated carbocycles. The zero-order valence-electron chi connectivity index (χ0n) is 26.9. The highest BCUT2D eigenvalue weighted by Gasteiger charge is 2.85. The maximum atomic E-state index is 12.5. The van der Waals surface area contributed by atoms with Gasteiger partial charge >= 0.3 is 5.97 Å². The van der Waals surface area contributed by atoms with Crippen LogP contribution in [0.15, 0.2) is 0 Å². The molecule has 0 rings (SSSR count). The van der Waals surface area contributed by atoms with Crippen molar-refractivity contribution in [3.8, 4) is 0 Å². The number of halogens is 41. The first-order chi connectivity index (χ1) is 26.7. The van der Waals surface area contributed by atoms with Gasteiger partial charge in [0.2, 0.25) is 3.23 Å². The molecule has 0 aliphatic carbocycles. The molecule has 0 aromatic rings. The Labute approximate surface area is 714 Å². The summed E-state index contributed by atoms with van der Waals surface area (Å²) >= 11 is 159. The van der Waals surface area contributed by atoms with Gasteiger partial charge in [-0.05, 0) is 0 Å². The second kappa shape index (κ2) is 26.8. The lowest BCUT2D eigenvalue weighted by molar-refractivity contribution is -0.137. The van der Waals surface area contributed by atoms with E-state index in [1.54, 1.807) is 0 Å². The molecule has 0 bridgehead atoms. The van der Waals surface area contributed by atoms with Gasteiger partial charge in [0.05, 0.1) is 0 Å². The van der Waals surface area contributed by atoms with Gasteiger partial charge in [-0.1, -0.05) is 653 Å². The highest BCUT2D eigenvalue weighted by atomic mass is 80.0. The third-order valence-corrected chi connectivity index (χ3v) is 95.7. The summed E-state index contributed by atoms with van der Waals surface area (Å²) in [4.78, 5) is 12.5. The van der Waals surface area contributed by atoms with Crippen molar-refractivity contribution in [3.05, 3.63) is 0 Å². The molecule has 0 aromatic heterocycles. The molecule has 43 heteroatoms. The second-order valence-electron chi connectivity index (χ2n) is 11.7. The highest BCUT2D eigenvalue weighted by Crippen LogP contribution is 2.85. The largest absolute Gasteiger partial charge is 0.480 e. The lowest BCUT2D eigenvalue weighted by Gasteiger charge is -2.62. The lowest BCUT2D eigenvalue weighted by Crippen LogP contribution is -2.74. The van der Waals surface area contributed by atoms with Crippen LogP contribution in [0.2, 0.25) is 0 Å². The topological polar surface area (TPSA) is 37.3 Å². The summed E-state index contributed by atoms with van der Waals surface area (Å²) in [5.74, 6) is -1.26. The van der Waals surface area contributed by atoms with Gasteiger partial charge in [-0.3, -0.25) is 0 Å². The number of carboxylic acid groups (broad SMARTS) is 1. The second-order valence-corrected chi connectivity index (χ2v) is 83.9. The van der Waals surface area contributed by atoms with Crippen LogP contribution in [-0.2, 0) is 4.79 Å². The number of aliphatic carboxylic acids is 1. The van der Waals surface area contributed by atoms with E-state index in [0.29, 0.717) is 0 Å². The Balaban J connectivity index is 8.02. The molecule has 0 unspecified atom stereocenters. The van der Waals surface area contributed by atoms with Crippen LogP contribution in [0.3, 0.4) is 0 Å². The standard InChI is InChI=1S/C21HBr41O2/c22-2(23,1(63)64)3(24,25)4(26,27)5(28,29)6(30,31)7(32,33)8(34,35)9(36,37)10(38,39)11(40,41)12(42,43)13(44,45)14(46,47)15(48,49)16(50,51)17(52,53)18(54,55)19(56,57)20(58,59)21(60,61)62/h(H,63,64). The van der Waals surface area contributed by atoms with Crippen LogP contribution >= 0.6 is 653 Å². The summed E-state index contributed by atoms with van der Waals surface area (Å²) in [5.41, 5.74) is 0. The third kappa shape index (κ3) is 13.5. The number of carbonyl (C=O) groups is 1. The van der Waals surface area contributed by atoms with E-state index in [-0.39, 0.29) is 0 Å². The summed E-state index contributed by atoms with van der Waals surface area (Å²) in [5, 5.41) is 10.2. The Morgan fingerprint density at radius 3 is 0.375 bits per heavy atom. The van der Waals surface area contributed by atoms with Crippen molar-refractivity contribution in [1.82, 2.24) is 0 Å². The number of alkyl halides is 41. The Morgan fingerprint density at radius 2 is 0.281 bits per heavy atom. The van der Waals surface area contributed by atoms with Gasteiger partial charge in [0.15, 0.2) is 2.14 Å². The summed E-state index contributed by atoms with van der Waals surface area (Å²) in [6.45, 7) is 0. The van der Waals surface area contributed by atoms with E-state index in [9.17, 15) is 9.90 Å². The Hall–Kier alpha value is 19.2. The minimum Gasteiger partial charge on any atom is -0.480 e. The molecular weight excluding hydrogens is 3560 g/mol. The molecule has 0 spiro atoms. The van der Waals surface area contributed by atoms with Crippen molar-refractivity contribution in [2.75, 3.05) is 0 Å². The van der Waals surface area contributed by atoms with Gasteiger partial charge < -0.3 is 5.11 Å². The minimum atomic E-state index is -1.82. The first-order valence-electron chi connectivity index (χ1n) is 13.2. The monoisotopic (exact) mass is 3520 g/mol. The van der Waals surface area contributed by atoms with Crippen molar-refractivity contribution in [2.45, 2.75) is 63.6 Å². The van der Waals surface area contributed by atoms with Gasteiger partial charge in [-0.15, -0.1) is 0 Å². The molecule has 0 radical (unpaired) electrons. The third-order valence-electron chi connectivity index (χ3n) is 7.72. The van der Waals surface area contributed by atoms with Crippen LogP contribution < -0.4 is 0 Å². The molecule has 0 aliphatic rings.